The number of ether oxygens (including phenoxy) is 2. The fourth-order valence-electron chi connectivity index (χ4n) is 5.44. The summed E-state index contributed by atoms with van der Waals surface area (Å²) in [5.41, 5.74) is 1.87. The van der Waals surface area contributed by atoms with Crippen LogP contribution in [0.3, 0.4) is 0 Å². The highest BCUT2D eigenvalue weighted by atomic mass is 19.1. The van der Waals surface area contributed by atoms with E-state index in [4.69, 9.17) is 9.47 Å². The average Bonchev–Trinajstić information content (AvgIpc) is 3.30. The average molecular weight is 554 g/mol. The van der Waals surface area contributed by atoms with Crippen molar-refractivity contribution in [3.05, 3.63) is 65.5 Å². The van der Waals surface area contributed by atoms with E-state index in [9.17, 15) is 14.0 Å². The maximum absolute atomic E-state index is 13.6. The van der Waals surface area contributed by atoms with Crippen molar-refractivity contribution >= 4 is 12.0 Å². The molecule has 1 atom stereocenters. The van der Waals surface area contributed by atoms with Crippen molar-refractivity contribution in [3.8, 4) is 5.75 Å². The lowest BCUT2D eigenvalue weighted by molar-refractivity contribution is -0.134. The van der Waals surface area contributed by atoms with Gasteiger partial charge >= 0.3 is 6.09 Å². The summed E-state index contributed by atoms with van der Waals surface area (Å²) in [4.78, 5) is 32.0. The van der Waals surface area contributed by atoms with Crippen LogP contribution in [-0.4, -0.2) is 77.7 Å². The first-order valence-electron chi connectivity index (χ1n) is 14.7. The van der Waals surface area contributed by atoms with Gasteiger partial charge in [-0.2, -0.15) is 0 Å². The smallest absolute Gasteiger partial charge is 0.410 e. The van der Waals surface area contributed by atoms with E-state index in [1.165, 1.54) is 12.1 Å². The summed E-state index contributed by atoms with van der Waals surface area (Å²) in [5, 5.41) is 0. The van der Waals surface area contributed by atoms with E-state index in [-0.39, 0.29) is 36.1 Å². The molecule has 2 fully saturated rings. The predicted molar refractivity (Wildman–Crippen MR) is 154 cm³/mol. The number of likely N-dealkylation sites (tertiary alicyclic amines) is 1. The fourth-order valence-corrected chi connectivity index (χ4v) is 5.44. The molecule has 8 heteroatoms. The number of hydrogen-bond acceptors (Lipinski definition) is 5. The standard InChI is InChI=1S/C32H44FN3O4/c1-23(2)30-22-35(32(38)40-30)17-5-16-34-18-14-28(15-19-34)36(21-26-6-10-27(33)11-7-26)31(37)20-25-8-12-29(13-9-25)39-24(3)4/h6-13,23-24,28,30H,5,14-22H2,1-4H3. The van der Waals surface area contributed by atoms with Gasteiger partial charge in [-0.3, -0.25) is 4.79 Å². The van der Waals surface area contributed by atoms with Crippen LogP contribution in [0.15, 0.2) is 48.5 Å². The zero-order valence-electron chi connectivity index (χ0n) is 24.4. The maximum atomic E-state index is 13.6. The lowest BCUT2D eigenvalue weighted by Gasteiger charge is -2.39. The highest BCUT2D eigenvalue weighted by Gasteiger charge is 2.33. The Bertz CT molecular complexity index is 1100. The molecule has 4 rings (SSSR count). The van der Waals surface area contributed by atoms with Gasteiger partial charge in [0.1, 0.15) is 17.7 Å². The molecule has 2 aliphatic heterocycles. The molecule has 0 N–H and O–H groups in total. The van der Waals surface area contributed by atoms with E-state index in [1.54, 1.807) is 12.1 Å². The summed E-state index contributed by atoms with van der Waals surface area (Å²) in [7, 11) is 0. The molecule has 0 radical (unpaired) electrons. The molecule has 40 heavy (non-hydrogen) atoms. The minimum atomic E-state index is -0.277. The van der Waals surface area contributed by atoms with Crippen LogP contribution in [0.25, 0.3) is 0 Å². The number of benzene rings is 2. The van der Waals surface area contributed by atoms with Gasteiger partial charge in [0.05, 0.1) is 19.1 Å². The van der Waals surface area contributed by atoms with Gasteiger partial charge in [-0.05, 0) is 81.0 Å². The molecule has 1 unspecified atom stereocenters. The molecule has 2 saturated heterocycles. The third kappa shape index (κ3) is 8.43. The fraction of sp³-hybridized carbons (Fsp3) is 0.562. The van der Waals surface area contributed by atoms with Crippen LogP contribution in [0.1, 0.15) is 58.1 Å². The van der Waals surface area contributed by atoms with Gasteiger partial charge in [0.25, 0.3) is 0 Å². The first kappa shape index (κ1) is 29.8. The monoisotopic (exact) mass is 553 g/mol. The first-order chi connectivity index (χ1) is 19.2. The maximum Gasteiger partial charge on any atom is 0.410 e. The van der Waals surface area contributed by atoms with Crippen molar-refractivity contribution in [2.45, 2.75) is 78.2 Å². The Kier molecular flexibility index (Phi) is 10.4. The zero-order valence-corrected chi connectivity index (χ0v) is 24.4. The summed E-state index contributed by atoms with van der Waals surface area (Å²) in [6, 6.07) is 14.3. The molecule has 218 valence electrons. The van der Waals surface area contributed by atoms with Crippen molar-refractivity contribution in [1.29, 1.82) is 0 Å². The van der Waals surface area contributed by atoms with Gasteiger partial charge in [-0.1, -0.05) is 38.1 Å². The molecule has 0 aromatic heterocycles. The lowest BCUT2D eigenvalue weighted by atomic mass is 10.0. The van der Waals surface area contributed by atoms with E-state index in [0.717, 1.165) is 55.8 Å². The van der Waals surface area contributed by atoms with Gasteiger partial charge < -0.3 is 24.2 Å². The van der Waals surface area contributed by atoms with Crippen molar-refractivity contribution in [3.63, 3.8) is 0 Å². The Morgan fingerprint density at radius 3 is 2.25 bits per heavy atom. The highest BCUT2D eigenvalue weighted by Crippen LogP contribution is 2.23. The number of carbonyl (C=O) groups excluding carboxylic acids is 2. The molecule has 2 aromatic rings. The van der Waals surface area contributed by atoms with Gasteiger partial charge in [0.15, 0.2) is 0 Å². The molecule has 0 saturated carbocycles. The summed E-state index contributed by atoms with van der Waals surface area (Å²) in [5.74, 6) is 0.919. The Hall–Kier alpha value is -3.13. The predicted octanol–water partition coefficient (Wildman–Crippen LogP) is 5.52. The SMILES string of the molecule is CC(C)Oc1ccc(CC(=O)N(Cc2ccc(F)cc2)C2CCN(CCCN3CC(C(C)C)OC3=O)CC2)cc1. The molecule has 0 bridgehead atoms. The van der Waals surface area contributed by atoms with Gasteiger partial charge in [-0.15, -0.1) is 0 Å². The molecule has 2 aromatic carbocycles. The molecular formula is C32H44FN3O4. The third-order valence-electron chi connectivity index (χ3n) is 7.79. The van der Waals surface area contributed by atoms with Crippen molar-refractivity contribution in [1.82, 2.24) is 14.7 Å². The molecule has 2 aliphatic rings. The Morgan fingerprint density at radius 1 is 1.00 bits per heavy atom. The highest BCUT2D eigenvalue weighted by molar-refractivity contribution is 5.79. The van der Waals surface area contributed by atoms with E-state index in [2.05, 4.69) is 18.7 Å². The quantitative estimate of drug-likeness (QED) is 0.347. The van der Waals surface area contributed by atoms with Crippen LogP contribution in [0.4, 0.5) is 9.18 Å². The summed E-state index contributed by atoms with van der Waals surface area (Å²) >= 11 is 0. The van der Waals surface area contributed by atoms with Crippen LogP contribution in [0.2, 0.25) is 0 Å². The topological polar surface area (TPSA) is 62.3 Å². The Labute approximate surface area is 238 Å². The van der Waals surface area contributed by atoms with Crippen LogP contribution in [-0.2, 0) is 22.5 Å². The largest absolute Gasteiger partial charge is 0.491 e. The molecular weight excluding hydrogens is 509 g/mol. The van der Waals surface area contributed by atoms with Crippen LogP contribution in [0, 0.1) is 11.7 Å². The number of carbonyl (C=O) groups is 2. The van der Waals surface area contributed by atoms with Crippen molar-refractivity contribution in [2.24, 2.45) is 5.92 Å². The van der Waals surface area contributed by atoms with E-state index >= 15 is 0 Å². The number of rotatable bonds is 12. The number of piperidine rings is 1. The molecule has 7 nitrogen and oxygen atoms in total. The number of nitrogens with zero attached hydrogens (tertiary/aromatic N) is 3. The second-order valence-corrected chi connectivity index (χ2v) is 11.7. The minimum absolute atomic E-state index is 0.0146. The Morgan fingerprint density at radius 2 is 1.65 bits per heavy atom. The summed E-state index contributed by atoms with van der Waals surface area (Å²) in [6.45, 7) is 12.7. The number of amides is 2. The van der Waals surface area contributed by atoms with Crippen molar-refractivity contribution in [2.75, 3.05) is 32.7 Å². The third-order valence-corrected chi connectivity index (χ3v) is 7.79. The minimum Gasteiger partial charge on any atom is -0.491 e. The van der Waals surface area contributed by atoms with E-state index in [0.29, 0.717) is 32.0 Å². The number of halogens is 1. The number of cyclic esters (lactones) is 1. The molecule has 2 amide bonds. The first-order valence-corrected chi connectivity index (χ1v) is 14.7. The second-order valence-electron chi connectivity index (χ2n) is 11.7. The zero-order chi connectivity index (χ0) is 28.6. The molecule has 0 aliphatic carbocycles. The van der Waals surface area contributed by atoms with Crippen LogP contribution >= 0.6 is 0 Å². The van der Waals surface area contributed by atoms with Gasteiger partial charge in [0.2, 0.25) is 5.91 Å². The molecule has 2 heterocycles. The molecule has 0 spiro atoms. The second kappa shape index (κ2) is 14.0. The van der Waals surface area contributed by atoms with E-state index < -0.39 is 0 Å². The van der Waals surface area contributed by atoms with Gasteiger partial charge in [-0.25, -0.2) is 9.18 Å². The normalized spacial score (nSPS) is 18.4. The number of hydrogen-bond donors (Lipinski definition) is 0. The summed E-state index contributed by atoms with van der Waals surface area (Å²) in [6.07, 6.45) is 2.86. The van der Waals surface area contributed by atoms with Gasteiger partial charge in [0, 0.05) is 32.2 Å². The van der Waals surface area contributed by atoms with Crippen LogP contribution in [0.5, 0.6) is 5.75 Å². The Balaban J connectivity index is 1.32. The van der Waals surface area contributed by atoms with Crippen molar-refractivity contribution < 1.29 is 23.5 Å². The van der Waals surface area contributed by atoms with Crippen LogP contribution < -0.4 is 4.74 Å². The summed E-state index contributed by atoms with van der Waals surface area (Å²) < 4.78 is 24.7. The lowest BCUT2D eigenvalue weighted by Crippen LogP contribution is -2.48. The van der Waals surface area contributed by atoms with E-state index in [1.807, 2.05) is 47.9 Å².